The van der Waals surface area contributed by atoms with Gasteiger partial charge in [-0.1, -0.05) is 18.2 Å². The lowest BCUT2D eigenvalue weighted by molar-refractivity contribution is -0.131. The fourth-order valence-corrected chi connectivity index (χ4v) is 3.65. The maximum Gasteiger partial charge on any atom is 0.228 e. The van der Waals surface area contributed by atoms with Crippen molar-refractivity contribution in [3.8, 4) is 0 Å². The Hall–Kier alpha value is -3.35. The molecule has 2 aromatic heterocycles. The van der Waals surface area contributed by atoms with Crippen LogP contribution in [0, 0.1) is 12.7 Å². The number of nitrogens with zero attached hydrogens (tertiary/aromatic N) is 4. The summed E-state index contributed by atoms with van der Waals surface area (Å²) in [6.45, 7) is 3.35. The zero-order chi connectivity index (χ0) is 20.9. The number of nitrogens with one attached hydrogen (secondary N) is 1. The highest BCUT2D eigenvalue weighted by molar-refractivity contribution is 5.79. The summed E-state index contributed by atoms with van der Waals surface area (Å²) in [6, 6.07) is 11.9. The van der Waals surface area contributed by atoms with Crippen LogP contribution in [0.2, 0.25) is 0 Å². The van der Waals surface area contributed by atoms with E-state index in [0.717, 1.165) is 36.2 Å². The number of aromatic nitrogens is 3. The number of carbonyl (C=O) groups excluding carboxylic acids is 1. The highest BCUT2D eigenvalue weighted by Crippen LogP contribution is 2.27. The normalized spacial score (nSPS) is 16.3. The molecule has 1 saturated heterocycles. The van der Waals surface area contributed by atoms with Crippen molar-refractivity contribution in [1.29, 1.82) is 0 Å². The van der Waals surface area contributed by atoms with Crippen molar-refractivity contribution in [3.05, 3.63) is 77.5 Å². The Kier molecular flexibility index (Phi) is 5.97. The Morgan fingerprint density at radius 1 is 1.17 bits per heavy atom. The van der Waals surface area contributed by atoms with Gasteiger partial charge in [-0.05, 0) is 55.2 Å². The maximum absolute atomic E-state index is 13.1. The predicted octanol–water partition coefficient (Wildman–Crippen LogP) is 4.01. The second-order valence-electron chi connectivity index (χ2n) is 7.63. The molecule has 1 fully saturated rings. The van der Waals surface area contributed by atoms with E-state index in [4.69, 9.17) is 0 Å². The summed E-state index contributed by atoms with van der Waals surface area (Å²) < 4.78 is 13.1. The second-order valence-corrected chi connectivity index (χ2v) is 7.63. The van der Waals surface area contributed by atoms with Crippen LogP contribution in [0.5, 0.6) is 0 Å². The molecule has 1 aromatic carbocycles. The number of amides is 1. The monoisotopic (exact) mass is 405 g/mol. The lowest BCUT2D eigenvalue weighted by Gasteiger charge is -2.32. The van der Waals surface area contributed by atoms with Crippen LogP contribution in [0.1, 0.15) is 35.6 Å². The molecule has 3 heterocycles. The van der Waals surface area contributed by atoms with Gasteiger partial charge >= 0.3 is 0 Å². The molecule has 0 radical (unpaired) electrons. The summed E-state index contributed by atoms with van der Waals surface area (Å²) in [5.41, 5.74) is 2.82. The van der Waals surface area contributed by atoms with Gasteiger partial charge in [-0.15, -0.1) is 0 Å². The van der Waals surface area contributed by atoms with E-state index in [1.54, 1.807) is 24.5 Å². The third kappa shape index (κ3) is 4.97. The van der Waals surface area contributed by atoms with Crippen molar-refractivity contribution < 1.29 is 9.18 Å². The first-order valence-corrected chi connectivity index (χ1v) is 10.1. The van der Waals surface area contributed by atoms with Crippen LogP contribution in [0.15, 0.2) is 54.9 Å². The SMILES string of the molecule is Cc1ccc(Nc2nccc([C@@H]3CCCN(C(=O)Cc4ccc(F)cc4)C3)n2)nc1. The Balaban J connectivity index is 1.42. The number of hydrogen-bond acceptors (Lipinski definition) is 5. The summed E-state index contributed by atoms with van der Waals surface area (Å²) in [7, 11) is 0. The van der Waals surface area contributed by atoms with Crippen molar-refractivity contribution in [2.45, 2.75) is 32.1 Å². The molecular weight excluding hydrogens is 381 g/mol. The summed E-state index contributed by atoms with van der Waals surface area (Å²) in [5, 5.41) is 3.14. The molecule has 0 bridgehead atoms. The molecule has 1 amide bonds. The van der Waals surface area contributed by atoms with Gasteiger partial charge in [0.05, 0.1) is 12.1 Å². The van der Waals surface area contributed by atoms with Gasteiger partial charge in [0.1, 0.15) is 11.6 Å². The molecule has 1 aliphatic heterocycles. The second kappa shape index (κ2) is 8.98. The first-order chi connectivity index (χ1) is 14.6. The van der Waals surface area contributed by atoms with Crippen molar-refractivity contribution in [3.63, 3.8) is 0 Å². The Morgan fingerprint density at radius 3 is 2.77 bits per heavy atom. The van der Waals surface area contributed by atoms with Crippen LogP contribution in [0.4, 0.5) is 16.2 Å². The zero-order valence-corrected chi connectivity index (χ0v) is 16.9. The summed E-state index contributed by atoms with van der Waals surface area (Å²) in [4.78, 5) is 27.9. The van der Waals surface area contributed by atoms with Crippen LogP contribution in [0.25, 0.3) is 0 Å². The van der Waals surface area contributed by atoms with Gasteiger partial charge in [-0.25, -0.2) is 19.3 Å². The zero-order valence-electron chi connectivity index (χ0n) is 16.9. The number of benzene rings is 1. The van der Waals surface area contributed by atoms with Crippen molar-refractivity contribution in [1.82, 2.24) is 19.9 Å². The smallest absolute Gasteiger partial charge is 0.228 e. The van der Waals surface area contributed by atoms with E-state index in [1.165, 1.54) is 12.1 Å². The molecule has 0 unspecified atom stereocenters. The molecule has 154 valence electrons. The maximum atomic E-state index is 13.1. The molecule has 3 aromatic rings. The van der Waals surface area contributed by atoms with Crippen LogP contribution >= 0.6 is 0 Å². The summed E-state index contributed by atoms with van der Waals surface area (Å²) in [6.07, 6.45) is 5.70. The minimum absolute atomic E-state index is 0.0579. The summed E-state index contributed by atoms with van der Waals surface area (Å²) in [5.74, 6) is 1.11. The highest BCUT2D eigenvalue weighted by atomic mass is 19.1. The van der Waals surface area contributed by atoms with Crippen molar-refractivity contribution in [2.75, 3.05) is 18.4 Å². The van der Waals surface area contributed by atoms with E-state index in [1.807, 2.05) is 30.0 Å². The first-order valence-electron chi connectivity index (χ1n) is 10.1. The number of carbonyl (C=O) groups is 1. The van der Waals surface area contributed by atoms with Crippen LogP contribution in [-0.2, 0) is 11.2 Å². The number of pyridine rings is 1. The van der Waals surface area contributed by atoms with Gasteiger partial charge in [0.15, 0.2) is 0 Å². The molecule has 7 heteroatoms. The lowest BCUT2D eigenvalue weighted by atomic mass is 9.94. The fraction of sp³-hybridized carbons (Fsp3) is 0.304. The molecule has 1 aliphatic rings. The standard InChI is InChI=1S/C23H24FN5O/c1-16-4-9-21(26-14-16)28-23-25-11-10-20(27-23)18-3-2-12-29(15-18)22(30)13-17-5-7-19(24)8-6-17/h4-11,14,18H,2-3,12-13,15H2,1H3,(H,25,26,27,28)/t18-/m1/s1. The number of aryl methyl sites for hydroxylation is 1. The summed E-state index contributed by atoms with van der Waals surface area (Å²) >= 11 is 0. The lowest BCUT2D eigenvalue weighted by Crippen LogP contribution is -2.40. The first kappa shape index (κ1) is 19.9. The molecule has 6 nitrogen and oxygen atoms in total. The van der Waals surface area contributed by atoms with Gasteiger partial charge in [0.2, 0.25) is 11.9 Å². The van der Waals surface area contributed by atoms with Gasteiger partial charge in [-0.2, -0.15) is 0 Å². The van der Waals surface area contributed by atoms with Gasteiger partial charge < -0.3 is 10.2 Å². The van der Waals surface area contributed by atoms with E-state index in [0.29, 0.717) is 18.3 Å². The van der Waals surface area contributed by atoms with Crippen LogP contribution in [0.3, 0.4) is 0 Å². The fourth-order valence-electron chi connectivity index (χ4n) is 3.65. The largest absolute Gasteiger partial charge is 0.342 e. The number of anilines is 2. The molecule has 1 N–H and O–H groups in total. The number of halogens is 1. The Labute approximate surface area is 175 Å². The molecule has 1 atom stereocenters. The number of hydrogen-bond donors (Lipinski definition) is 1. The van der Waals surface area contributed by atoms with E-state index >= 15 is 0 Å². The minimum atomic E-state index is -0.293. The quantitative estimate of drug-likeness (QED) is 0.694. The van der Waals surface area contributed by atoms with Gasteiger partial charge in [0, 0.05) is 31.4 Å². The number of rotatable bonds is 5. The topological polar surface area (TPSA) is 71.0 Å². The number of likely N-dealkylation sites (tertiary alicyclic amines) is 1. The average molecular weight is 405 g/mol. The average Bonchev–Trinajstić information content (AvgIpc) is 2.77. The predicted molar refractivity (Wildman–Crippen MR) is 113 cm³/mol. The third-order valence-corrected chi connectivity index (χ3v) is 5.29. The minimum Gasteiger partial charge on any atom is -0.342 e. The Morgan fingerprint density at radius 2 is 2.00 bits per heavy atom. The molecule has 4 rings (SSSR count). The van der Waals surface area contributed by atoms with E-state index in [9.17, 15) is 9.18 Å². The van der Waals surface area contributed by atoms with E-state index in [2.05, 4.69) is 20.3 Å². The molecule has 30 heavy (non-hydrogen) atoms. The third-order valence-electron chi connectivity index (χ3n) is 5.29. The Bertz CT molecular complexity index is 1010. The van der Waals surface area contributed by atoms with Crippen LogP contribution < -0.4 is 5.32 Å². The molecular formula is C23H24FN5O. The van der Waals surface area contributed by atoms with Crippen LogP contribution in [-0.4, -0.2) is 38.8 Å². The van der Waals surface area contributed by atoms with Gasteiger partial charge in [0.25, 0.3) is 0 Å². The number of piperidine rings is 1. The van der Waals surface area contributed by atoms with Gasteiger partial charge in [-0.3, -0.25) is 4.79 Å². The molecule has 0 spiro atoms. The van der Waals surface area contributed by atoms with Crippen molar-refractivity contribution >= 4 is 17.7 Å². The van der Waals surface area contributed by atoms with Crippen molar-refractivity contribution in [2.24, 2.45) is 0 Å². The van der Waals surface area contributed by atoms with E-state index in [-0.39, 0.29) is 24.1 Å². The van der Waals surface area contributed by atoms with E-state index < -0.39 is 0 Å². The highest BCUT2D eigenvalue weighted by Gasteiger charge is 2.26. The molecule has 0 saturated carbocycles. The molecule has 0 aliphatic carbocycles.